The summed E-state index contributed by atoms with van der Waals surface area (Å²) < 4.78 is 28.8. The SMILES string of the molecule is C=C1C(=O)c2ccccc2N(S(=O)(=O)c2ccc(C)cc2)C1CCCCCCCC. The van der Waals surface area contributed by atoms with E-state index in [1.807, 2.05) is 6.92 Å². The van der Waals surface area contributed by atoms with Crippen LogP contribution in [-0.2, 0) is 10.0 Å². The molecule has 5 heteroatoms. The quantitative estimate of drug-likeness (QED) is 0.362. The zero-order chi connectivity index (χ0) is 21.7. The number of unbranched alkanes of at least 4 members (excludes halogenated alkanes) is 5. The summed E-state index contributed by atoms with van der Waals surface area (Å²) >= 11 is 0. The van der Waals surface area contributed by atoms with E-state index in [9.17, 15) is 13.2 Å². The van der Waals surface area contributed by atoms with Gasteiger partial charge in [-0.05, 0) is 37.6 Å². The Morgan fingerprint density at radius 2 is 1.57 bits per heavy atom. The topological polar surface area (TPSA) is 54.5 Å². The minimum Gasteiger partial charge on any atom is -0.289 e. The third-order valence-electron chi connectivity index (χ3n) is 5.77. The highest BCUT2D eigenvalue weighted by Gasteiger charge is 2.41. The number of hydrogen-bond donors (Lipinski definition) is 0. The summed E-state index contributed by atoms with van der Waals surface area (Å²) in [6.07, 6.45) is 7.21. The van der Waals surface area contributed by atoms with Gasteiger partial charge in [-0.15, -0.1) is 0 Å². The molecular formula is C25H31NO3S. The number of nitrogens with zero attached hydrogens (tertiary/aromatic N) is 1. The van der Waals surface area contributed by atoms with E-state index in [2.05, 4.69) is 13.5 Å². The molecule has 2 aromatic carbocycles. The molecule has 0 bridgehead atoms. The number of hydrogen-bond acceptors (Lipinski definition) is 3. The van der Waals surface area contributed by atoms with Gasteiger partial charge < -0.3 is 0 Å². The van der Waals surface area contributed by atoms with Gasteiger partial charge in [0.05, 0.1) is 16.6 Å². The van der Waals surface area contributed by atoms with Crippen molar-refractivity contribution in [1.82, 2.24) is 0 Å². The normalized spacial score (nSPS) is 16.6. The van der Waals surface area contributed by atoms with E-state index in [-0.39, 0.29) is 10.7 Å². The maximum absolute atomic E-state index is 13.7. The van der Waals surface area contributed by atoms with Crippen molar-refractivity contribution in [3.8, 4) is 0 Å². The molecule has 0 amide bonds. The first-order chi connectivity index (χ1) is 14.4. The summed E-state index contributed by atoms with van der Waals surface area (Å²) in [4.78, 5) is 13.2. The van der Waals surface area contributed by atoms with Crippen LogP contribution in [0.2, 0.25) is 0 Å². The van der Waals surface area contributed by atoms with E-state index >= 15 is 0 Å². The molecule has 30 heavy (non-hydrogen) atoms. The van der Waals surface area contributed by atoms with Gasteiger partial charge in [0.1, 0.15) is 0 Å². The molecule has 1 aliphatic heterocycles. The largest absolute Gasteiger partial charge is 0.289 e. The van der Waals surface area contributed by atoms with E-state index < -0.39 is 16.1 Å². The molecule has 0 aliphatic carbocycles. The second-order valence-corrected chi connectivity index (χ2v) is 9.87. The van der Waals surface area contributed by atoms with E-state index in [1.54, 1.807) is 48.5 Å². The summed E-state index contributed by atoms with van der Waals surface area (Å²) in [6, 6.07) is 13.2. The maximum Gasteiger partial charge on any atom is 0.264 e. The Labute approximate surface area is 180 Å². The number of carbonyl (C=O) groups is 1. The number of para-hydroxylation sites is 1. The molecule has 0 saturated heterocycles. The second kappa shape index (κ2) is 9.61. The number of carbonyl (C=O) groups excluding carboxylic acids is 1. The predicted molar refractivity (Wildman–Crippen MR) is 123 cm³/mol. The van der Waals surface area contributed by atoms with Gasteiger partial charge in [0.2, 0.25) is 0 Å². The Balaban J connectivity index is 1.96. The van der Waals surface area contributed by atoms with Gasteiger partial charge in [0.15, 0.2) is 5.78 Å². The summed E-state index contributed by atoms with van der Waals surface area (Å²) in [6.45, 7) is 8.13. The average Bonchev–Trinajstić information content (AvgIpc) is 2.74. The highest BCUT2D eigenvalue weighted by molar-refractivity contribution is 7.92. The van der Waals surface area contributed by atoms with Crippen LogP contribution in [-0.4, -0.2) is 20.2 Å². The van der Waals surface area contributed by atoms with Crippen molar-refractivity contribution in [2.45, 2.75) is 69.7 Å². The zero-order valence-corrected chi connectivity index (χ0v) is 18.7. The van der Waals surface area contributed by atoms with Crippen LogP contribution < -0.4 is 4.31 Å². The zero-order valence-electron chi connectivity index (χ0n) is 17.9. The van der Waals surface area contributed by atoms with E-state index in [0.29, 0.717) is 23.2 Å². The van der Waals surface area contributed by atoms with E-state index in [4.69, 9.17) is 0 Å². The van der Waals surface area contributed by atoms with Crippen LogP contribution in [0.15, 0.2) is 65.6 Å². The van der Waals surface area contributed by atoms with Crippen molar-refractivity contribution in [2.24, 2.45) is 0 Å². The summed E-state index contributed by atoms with van der Waals surface area (Å²) in [7, 11) is -3.83. The van der Waals surface area contributed by atoms with Crippen molar-refractivity contribution in [3.63, 3.8) is 0 Å². The molecule has 0 saturated carbocycles. The standard InChI is InChI=1S/C25H31NO3S/c1-4-5-6-7-8-9-13-23-20(3)25(27)22-12-10-11-14-24(22)26(23)30(28,29)21-17-15-19(2)16-18-21/h10-12,14-18,23H,3-9,13H2,1-2H3. The highest BCUT2D eigenvalue weighted by atomic mass is 32.2. The first-order valence-electron chi connectivity index (χ1n) is 10.8. The molecule has 1 aliphatic rings. The number of benzene rings is 2. The van der Waals surface area contributed by atoms with E-state index in [0.717, 1.165) is 24.8 Å². The van der Waals surface area contributed by atoms with Gasteiger partial charge in [-0.1, -0.05) is 81.9 Å². The van der Waals surface area contributed by atoms with Gasteiger partial charge in [-0.3, -0.25) is 9.10 Å². The number of sulfonamides is 1. The van der Waals surface area contributed by atoms with Crippen LogP contribution in [0.1, 0.15) is 67.8 Å². The van der Waals surface area contributed by atoms with Gasteiger partial charge in [0.25, 0.3) is 10.0 Å². The molecule has 0 aromatic heterocycles. The molecular weight excluding hydrogens is 394 g/mol. The number of ketones is 1. The fourth-order valence-corrected chi connectivity index (χ4v) is 5.71. The Hall–Kier alpha value is -2.40. The van der Waals surface area contributed by atoms with Gasteiger partial charge in [0, 0.05) is 11.1 Å². The molecule has 0 spiro atoms. The van der Waals surface area contributed by atoms with Crippen LogP contribution in [0.3, 0.4) is 0 Å². The first kappa shape index (κ1) is 22.3. The number of aryl methyl sites for hydroxylation is 1. The van der Waals surface area contributed by atoms with Crippen LogP contribution in [0.25, 0.3) is 0 Å². The molecule has 160 valence electrons. The molecule has 3 rings (SSSR count). The van der Waals surface area contributed by atoms with Crippen molar-refractivity contribution in [2.75, 3.05) is 4.31 Å². The lowest BCUT2D eigenvalue weighted by atomic mass is 9.89. The lowest BCUT2D eigenvalue weighted by molar-refractivity contribution is 0.102. The van der Waals surface area contributed by atoms with Gasteiger partial charge >= 0.3 is 0 Å². The number of fused-ring (bicyclic) bond motifs is 1. The predicted octanol–water partition coefficient (Wildman–Crippen LogP) is 6.06. The monoisotopic (exact) mass is 425 g/mol. The average molecular weight is 426 g/mol. The van der Waals surface area contributed by atoms with Crippen LogP contribution in [0.4, 0.5) is 5.69 Å². The number of anilines is 1. The number of rotatable bonds is 9. The molecule has 0 N–H and O–H groups in total. The van der Waals surface area contributed by atoms with E-state index in [1.165, 1.54) is 23.6 Å². The van der Waals surface area contributed by atoms with Crippen molar-refractivity contribution >= 4 is 21.5 Å². The Morgan fingerprint density at radius 1 is 0.933 bits per heavy atom. The van der Waals surface area contributed by atoms with Crippen molar-refractivity contribution in [1.29, 1.82) is 0 Å². The van der Waals surface area contributed by atoms with Crippen molar-refractivity contribution < 1.29 is 13.2 Å². The molecule has 2 aromatic rings. The highest BCUT2D eigenvalue weighted by Crippen LogP contribution is 2.39. The molecule has 0 radical (unpaired) electrons. The smallest absolute Gasteiger partial charge is 0.264 e. The van der Waals surface area contributed by atoms with Gasteiger partial charge in [-0.2, -0.15) is 0 Å². The summed E-state index contributed by atoms with van der Waals surface area (Å²) in [5, 5.41) is 0. The van der Waals surface area contributed by atoms with Crippen molar-refractivity contribution in [3.05, 3.63) is 71.8 Å². The minimum absolute atomic E-state index is 0.156. The third-order valence-corrected chi connectivity index (χ3v) is 7.61. The molecule has 4 nitrogen and oxygen atoms in total. The Kier molecular flexibility index (Phi) is 7.14. The molecule has 1 atom stereocenters. The fourth-order valence-electron chi connectivity index (χ4n) is 4.02. The second-order valence-electron chi connectivity index (χ2n) is 8.06. The summed E-state index contributed by atoms with van der Waals surface area (Å²) in [5.74, 6) is -0.156. The minimum atomic E-state index is -3.83. The third kappa shape index (κ3) is 4.51. The lowest BCUT2D eigenvalue weighted by Crippen LogP contribution is -2.46. The molecule has 0 fully saturated rings. The van der Waals surface area contributed by atoms with Gasteiger partial charge in [-0.25, -0.2) is 8.42 Å². The van der Waals surface area contributed by atoms with Crippen LogP contribution in [0.5, 0.6) is 0 Å². The molecule has 1 heterocycles. The Bertz CT molecular complexity index is 1010. The van der Waals surface area contributed by atoms with Crippen LogP contribution in [0, 0.1) is 6.92 Å². The first-order valence-corrected chi connectivity index (χ1v) is 12.3. The Morgan fingerprint density at radius 3 is 2.27 bits per heavy atom. The fraction of sp³-hybridized carbons (Fsp3) is 0.400. The number of Topliss-reactive ketones (excluding diaryl/α,β-unsaturated/α-hetero) is 1. The maximum atomic E-state index is 13.7. The van der Waals surface area contributed by atoms with Crippen LogP contribution >= 0.6 is 0 Å². The lowest BCUT2D eigenvalue weighted by Gasteiger charge is -2.38. The molecule has 1 unspecified atom stereocenters. The summed E-state index contributed by atoms with van der Waals surface area (Å²) in [5.41, 5.74) is 2.21.